The van der Waals surface area contributed by atoms with Crippen LogP contribution in [0.2, 0.25) is 0 Å². The highest BCUT2D eigenvalue weighted by Crippen LogP contribution is 2.08. The zero-order valence-corrected chi connectivity index (χ0v) is 11.7. The predicted molar refractivity (Wildman–Crippen MR) is 71.9 cm³/mol. The molecule has 0 bridgehead atoms. The Morgan fingerprint density at radius 3 is 2.41 bits per heavy atom. The summed E-state index contributed by atoms with van der Waals surface area (Å²) in [6.07, 6.45) is 7.08. The highest BCUT2D eigenvalue weighted by molar-refractivity contribution is 5.03. The number of nitrogens with one attached hydrogen (secondary N) is 1. The van der Waals surface area contributed by atoms with Crippen LogP contribution in [-0.2, 0) is 4.74 Å². The van der Waals surface area contributed by atoms with Gasteiger partial charge < -0.3 is 4.74 Å². The lowest BCUT2D eigenvalue weighted by Crippen LogP contribution is -2.41. The van der Waals surface area contributed by atoms with Gasteiger partial charge in [-0.1, -0.05) is 39.5 Å². The van der Waals surface area contributed by atoms with Gasteiger partial charge in [0.15, 0.2) is 0 Å². The molecule has 0 saturated heterocycles. The third-order valence-corrected chi connectivity index (χ3v) is 2.95. The summed E-state index contributed by atoms with van der Waals surface area (Å²) in [6.45, 7) is 8.49. The fraction of sp³-hybridized carbons (Fsp3) is 0.929. The molecular formula is C14H28N2O. The Kier molecular flexibility index (Phi) is 10.2. The van der Waals surface area contributed by atoms with Crippen molar-refractivity contribution in [1.82, 2.24) is 5.32 Å². The van der Waals surface area contributed by atoms with Crippen molar-refractivity contribution in [2.24, 2.45) is 0 Å². The van der Waals surface area contributed by atoms with E-state index in [4.69, 9.17) is 10.00 Å². The Hall–Kier alpha value is -0.590. The van der Waals surface area contributed by atoms with Crippen molar-refractivity contribution >= 4 is 0 Å². The highest BCUT2D eigenvalue weighted by Gasteiger charge is 2.21. The molecule has 0 fully saturated rings. The van der Waals surface area contributed by atoms with E-state index >= 15 is 0 Å². The lowest BCUT2D eigenvalue weighted by atomic mass is 10.0. The first-order chi connectivity index (χ1) is 8.18. The van der Waals surface area contributed by atoms with E-state index in [1.807, 2.05) is 13.8 Å². The topological polar surface area (TPSA) is 45.0 Å². The molecule has 0 aliphatic heterocycles. The number of hydrogen-bond acceptors (Lipinski definition) is 3. The molecule has 1 atom stereocenters. The first kappa shape index (κ1) is 16.4. The molecule has 0 rings (SSSR count). The van der Waals surface area contributed by atoms with Crippen molar-refractivity contribution in [3.8, 4) is 6.07 Å². The van der Waals surface area contributed by atoms with Gasteiger partial charge in [-0.3, -0.25) is 5.32 Å². The van der Waals surface area contributed by atoms with E-state index in [0.717, 1.165) is 26.0 Å². The van der Waals surface area contributed by atoms with Crippen LogP contribution >= 0.6 is 0 Å². The molecule has 0 aromatic rings. The molecule has 0 saturated carbocycles. The molecule has 1 N–H and O–H groups in total. The van der Waals surface area contributed by atoms with Gasteiger partial charge in [0, 0.05) is 19.6 Å². The monoisotopic (exact) mass is 240 g/mol. The van der Waals surface area contributed by atoms with Crippen LogP contribution in [0.5, 0.6) is 0 Å². The molecule has 0 spiro atoms. The standard InChI is InChI=1S/C14H28N2O/c1-4-6-7-8-9-11-17-12-10-14(3,13-15)16-5-2/h16H,4-12H2,1-3H3. The lowest BCUT2D eigenvalue weighted by molar-refractivity contribution is 0.115. The first-order valence-electron chi connectivity index (χ1n) is 6.92. The Morgan fingerprint density at radius 1 is 1.12 bits per heavy atom. The average Bonchev–Trinajstić information content (AvgIpc) is 2.33. The number of hydrogen-bond donors (Lipinski definition) is 1. The zero-order valence-electron chi connectivity index (χ0n) is 11.7. The molecule has 0 aliphatic rings. The van der Waals surface area contributed by atoms with E-state index in [2.05, 4.69) is 18.3 Å². The SMILES string of the molecule is CCCCCCCOCCC(C)(C#N)NCC. The number of nitrogens with zero attached hydrogens (tertiary/aromatic N) is 1. The fourth-order valence-electron chi connectivity index (χ4n) is 1.76. The summed E-state index contributed by atoms with van der Waals surface area (Å²) < 4.78 is 5.57. The molecule has 0 aromatic heterocycles. The largest absolute Gasteiger partial charge is 0.381 e. The minimum Gasteiger partial charge on any atom is -0.381 e. The van der Waals surface area contributed by atoms with Crippen LogP contribution in [0, 0.1) is 11.3 Å². The second-order valence-corrected chi connectivity index (χ2v) is 4.75. The summed E-state index contributed by atoms with van der Waals surface area (Å²) in [5.74, 6) is 0. The predicted octanol–water partition coefficient (Wildman–Crippen LogP) is 3.26. The molecule has 0 radical (unpaired) electrons. The van der Waals surface area contributed by atoms with Crippen LogP contribution in [-0.4, -0.2) is 25.3 Å². The van der Waals surface area contributed by atoms with Crippen molar-refractivity contribution < 1.29 is 4.74 Å². The fourth-order valence-corrected chi connectivity index (χ4v) is 1.76. The molecule has 3 nitrogen and oxygen atoms in total. The second kappa shape index (κ2) is 10.6. The van der Waals surface area contributed by atoms with Gasteiger partial charge in [-0.05, 0) is 19.9 Å². The molecule has 0 aliphatic carbocycles. The minimum absolute atomic E-state index is 0.434. The lowest BCUT2D eigenvalue weighted by Gasteiger charge is -2.22. The van der Waals surface area contributed by atoms with Crippen molar-refractivity contribution in [2.45, 2.75) is 64.8 Å². The van der Waals surface area contributed by atoms with Crippen molar-refractivity contribution in [1.29, 1.82) is 5.26 Å². The normalized spacial score (nSPS) is 14.2. The van der Waals surface area contributed by atoms with E-state index in [0.29, 0.717) is 6.61 Å². The summed E-state index contributed by atoms with van der Waals surface area (Å²) in [7, 11) is 0. The van der Waals surface area contributed by atoms with Gasteiger partial charge in [0.2, 0.25) is 0 Å². The van der Waals surface area contributed by atoms with Gasteiger partial charge in [0.05, 0.1) is 6.07 Å². The van der Waals surface area contributed by atoms with Crippen molar-refractivity contribution in [3.63, 3.8) is 0 Å². The van der Waals surface area contributed by atoms with Crippen LogP contribution in [0.15, 0.2) is 0 Å². The second-order valence-electron chi connectivity index (χ2n) is 4.75. The molecule has 17 heavy (non-hydrogen) atoms. The van der Waals surface area contributed by atoms with Crippen LogP contribution in [0.4, 0.5) is 0 Å². The maximum atomic E-state index is 9.05. The number of unbranched alkanes of at least 4 members (excludes halogenated alkanes) is 4. The number of nitriles is 1. The summed E-state index contributed by atoms with van der Waals surface area (Å²) >= 11 is 0. The van der Waals surface area contributed by atoms with Gasteiger partial charge in [-0.15, -0.1) is 0 Å². The van der Waals surface area contributed by atoms with Crippen LogP contribution in [0.25, 0.3) is 0 Å². The van der Waals surface area contributed by atoms with Gasteiger partial charge >= 0.3 is 0 Å². The van der Waals surface area contributed by atoms with Gasteiger partial charge in [0.25, 0.3) is 0 Å². The Morgan fingerprint density at radius 2 is 1.82 bits per heavy atom. The molecule has 0 heterocycles. The third-order valence-electron chi connectivity index (χ3n) is 2.95. The van der Waals surface area contributed by atoms with Crippen LogP contribution < -0.4 is 5.32 Å². The molecule has 0 aromatic carbocycles. The molecule has 1 unspecified atom stereocenters. The van der Waals surface area contributed by atoms with E-state index in [-0.39, 0.29) is 0 Å². The zero-order chi connectivity index (χ0) is 13.0. The van der Waals surface area contributed by atoms with E-state index in [1.54, 1.807) is 0 Å². The average molecular weight is 240 g/mol. The number of rotatable bonds is 11. The molecule has 3 heteroatoms. The van der Waals surface area contributed by atoms with Crippen LogP contribution in [0.3, 0.4) is 0 Å². The van der Waals surface area contributed by atoms with Gasteiger partial charge in [-0.2, -0.15) is 5.26 Å². The smallest absolute Gasteiger partial charge is 0.106 e. The Balaban J connectivity index is 3.41. The van der Waals surface area contributed by atoms with Crippen molar-refractivity contribution in [3.05, 3.63) is 0 Å². The molecular weight excluding hydrogens is 212 g/mol. The van der Waals surface area contributed by atoms with E-state index in [9.17, 15) is 0 Å². The quantitative estimate of drug-likeness (QED) is 0.564. The first-order valence-corrected chi connectivity index (χ1v) is 6.92. The maximum Gasteiger partial charge on any atom is 0.106 e. The Labute approximate surface area is 107 Å². The molecule has 100 valence electrons. The van der Waals surface area contributed by atoms with E-state index < -0.39 is 5.54 Å². The summed E-state index contributed by atoms with van der Waals surface area (Å²) in [4.78, 5) is 0. The number of ether oxygens (including phenoxy) is 1. The minimum atomic E-state index is -0.434. The summed E-state index contributed by atoms with van der Waals surface area (Å²) in [5.41, 5.74) is -0.434. The molecule has 0 amide bonds. The van der Waals surface area contributed by atoms with E-state index in [1.165, 1.54) is 25.7 Å². The Bertz CT molecular complexity index is 213. The maximum absolute atomic E-state index is 9.05. The summed E-state index contributed by atoms with van der Waals surface area (Å²) in [5, 5.41) is 12.2. The van der Waals surface area contributed by atoms with Gasteiger partial charge in [-0.25, -0.2) is 0 Å². The summed E-state index contributed by atoms with van der Waals surface area (Å²) in [6, 6.07) is 2.31. The van der Waals surface area contributed by atoms with Gasteiger partial charge in [0.1, 0.15) is 5.54 Å². The third kappa shape index (κ3) is 9.14. The van der Waals surface area contributed by atoms with Crippen LogP contribution in [0.1, 0.15) is 59.3 Å². The van der Waals surface area contributed by atoms with Crippen molar-refractivity contribution in [2.75, 3.05) is 19.8 Å². The highest BCUT2D eigenvalue weighted by atomic mass is 16.5.